The number of pyridine rings is 1. The first-order valence-electron chi connectivity index (χ1n) is 8.28. The van der Waals surface area contributed by atoms with Gasteiger partial charge in [0.2, 0.25) is 0 Å². The first-order valence-corrected chi connectivity index (χ1v) is 9.72. The van der Waals surface area contributed by atoms with Gasteiger partial charge in [0.15, 0.2) is 0 Å². The minimum absolute atomic E-state index is 0.0225. The van der Waals surface area contributed by atoms with Gasteiger partial charge in [0.25, 0.3) is 10.0 Å². The molecule has 1 N–H and O–H groups in total. The van der Waals surface area contributed by atoms with E-state index in [9.17, 15) is 18.3 Å². The number of aliphatic hydroxyl groups is 1. The highest BCUT2D eigenvalue weighted by Gasteiger charge is 2.40. The normalized spacial score (nSPS) is 16.2. The van der Waals surface area contributed by atoms with Gasteiger partial charge in [-0.05, 0) is 43.7 Å². The summed E-state index contributed by atoms with van der Waals surface area (Å²) in [5, 5.41) is 9.77. The molecule has 0 bridgehead atoms. The van der Waals surface area contributed by atoms with Gasteiger partial charge in [-0.15, -0.1) is 0 Å². The van der Waals surface area contributed by atoms with E-state index in [1.807, 2.05) is 0 Å². The molecule has 1 aliphatic heterocycles. The summed E-state index contributed by atoms with van der Waals surface area (Å²) in [6.45, 7) is 3.15. The third kappa shape index (κ3) is 3.88. The number of amides is 2. The zero-order valence-electron chi connectivity index (χ0n) is 15.3. The predicted octanol–water partition coefficient (Wildman–Crippen LogP) is 1.99. The standard InChI is InChI=1S/C18H21N3O5S/c1-18(2,23)12-26-14-4-5-16-15(10-14)20(3)17(22)21(27(16,24)25)11-13-6-8-19-9-7-13/h4-10,23H,11-12H2,1-3H3. The van der Waals surface area contributed by atoms with Crippen molar-refractivity contribution in [2.24, 2.45) is 0 Å². The molecule has 0 saturated heterocycles. The lowest BCUT2D eigenvalue weighted by Gasteiger charge is -2.34. The fraction of sp³-hybridized carbons (Fsp3) is 0.333. The Morgan fingerprint density at radius 1 is 1.19 bits per heavy atom. The molecule has 3 rings (SSSR count). The molecule has 0 fully saturated rings. The molecule has 0 atom stereocenters. The third-order valence-electron chi connectivity index (χ3n) is 4.03. The van der Waals surface area contributed by atoms with Crippen LogP contribution in [0.1, 0.15) is 19.4 Å². The van der Waals surface area contributed by atoms with Crippen molar-refractivity contribution in [2.45, 2.75) is 30.9 Å². The summed E-state index contributed by atoms with van der Waals surface area (Å²) < 4.78 is 32.3. The first-order chi connectivity index (χ1) is 12.6. The second kappa shape index (κ2) is 6.82. The summed E-state index contributed by atoms with van der Waals surface area (Å²) in [6, 6.07) is 7.07. The Morgan fingerprint density at radius 3 is 2.48 bits per heavy atom. The van der Waals surface area contributed by atoms with Gasteiger partial charge in [-0.25, -0.2) is 17.5 Å². The quantitative estimate of drug-likeness (QED) is 0.837. The SMILES string of the molecule is CN1C(=O)N(Cc2ccncc2)S(=O)(=O)c2ccc(OCC(C)(C)O)cc21. The molecular formula is C18H21N3O5S. The van der Waals surface area contributed by atoms with Gasteiger partial charge in [-0.2, -0.15) is 0 Å². The molecule has 27 heavy (non-hydrogen) atoms. The van der Waals surface area contributed by atoms with E-state index in [2.05, 4.69) is 4.98 Å². The van der Waals surface area contributed by atoms with Crippen molar-refractivity contribution in [1.29, 1.82) is 0 Å². The van der Waals surface area contributed by atoms with Gasteiger partial charge in [0.05, 0.1) is 17.8 Å². The maximum Gasteiger partial charge on any atom is 0.338 e. The van der Waals surface area contributed by atoms with Crippen molar-refractivity contribution in [3.63, 3.8) is 0 Å². The molecular weight excluding hydrogens is 370 g/mol. The van der Waals surface area contributed by atoms with Crippen LogP contribution in [-0.2, 0) is 16.6 Å². The number of carbonyl (C=O) groups is 1. The molecule has 2 amide bonds. The van der Waals surface area contributed by atoms with Crippen LogP contribution in [0.25, 0.3) is 0 Å². The number of carbonyl (C=O) groups excluding carboxylic acids is 1. The minimum Gasteiger partial charge on any atom is -0.491 e. The molecule has 1 aromatic heterocycles. The fourth-order valence-corrected chi connectivity index (χ4v) is 4.21. The smallest absolute Gasteiger partial charge is 0.338 e. The summed E-state index contributed by atoms with van der Waals surface area (Å²) >= 11 is 0. The van der Waals surface area contributed by atoms with Gasteiger partial charge in [-0.3, -0.25) is 9.88 Å². The molecule has 144 valence electrons. The van der Waals surface area contributed by atoms with Crippen molar-refractivity contribution in [2.75, 3.05) is 18.6 Å². The fourth-order valence-electron chi connectivity index (χ4n) is 2.63. The van der Waals surface area contributed by atoms with Crippen LogP contribution in [0.2, 0.25) is 0 Å². The molecule has 1 aromatic carbocycles. The van der Waals surface area contributed by atoms with E-state index in [1.54, 1.807) is 38.4 Å². The number of fused-ring (bicyclic) bond motifs is 1. The Bertz CT molecular complexity index is 955. The molecule has 0 unspecified atom stereocenters. The number of anilines is 1. The predicted molar refractivity (Wildman–Crippen MR) is 99.0 cm³/mol. The second-order valence-corrected chi connectivity index (χ2v) is 8.77. The lowest BCUT2D eigenvalue weighted by molar-refractivity contribution is 0.0285. The maximum absolute atomic E-state index is 13.0. The van der Waals surface area contributed by atoms with Gasteiger partial charge in [0.1, 0.15) is 17.3 Å². The molecule has 2 heterocycles. The van der Waals surface area contributed by atoms with Crippen LogP contribution in [0.4, 0.5) is 10.5 Å². The average molecular weight is 391 g/mol. The van der Waals surface area contributed by atoms with E-state index in [0.29, 0.717) is 11.3 Å². The van der Waals surface area contributed by atoms with Crippen molar-refractivity contribution in [3.8, 4) is 5.75 Å². The average Bonchev–Trinajstić information content (AvgIpc) is 2.62. The van der Waals surface area contributed by atoms with E-state index < -0.39 is 21.7 Å². The number of benzene rings is 1. The number of urea groups is 1. The van der Waals surface area contributed by atoms with Crippen molar-refractivity contribution in [1.82, 2.24) is 9.29 Å². The van der Waals surface area contributed by atoms with Gasteiger partial charge in [0, 0.05) is 25.5 Å². The summed E-state index contributed by atoms with van der Waals surface area (Å²) in [6.07, 6.45) is 3.08. The van der Waals surface area contributed by atoms with Crippen molar-refractivity contribution >= 4 is 21.7 Å². The van der Waals surface area contributed by atoms with E-state index in [4.69, 9.17) is 4.74 Å². The number of hydrogen-bond acceptors (Lipinski definition) is 6. The molecule has 0 saturated carbocycles. The molecule has 2 aromatic rings. The largest absolute Gasteiger partial charge is 0.491 e. The van der Waals surface area contributed by atoms with Crippen LogP contribution in [-0.4, -0.2) is 48.1 Å². The lowest BCUT2D eigenvalue weighted by Crippen LogP contribution is -2.48. The van der Waals surface area contributed by atoms with Crippen LogP contribution < -0.4 is 9.64 Å². The van der Waals surface area contributed by atoms with Gasteiger partial charge >= 0.3 is 6.03 Å². The van der Waals surface area contributed by atoms with Crippen LogP contribution in [0.15, 0.2) is 47.6 Å². The zero-order chi connectivity index (χ0) is 19.8. The molecule has 0 aliphatic carbocycles. The number of nitrogens with zero attached hydrogens (tertiary/aromatic N) is 3. The number of hydrogen-bond donors (Lipinski definition) is 1. The number of aromatic nitrogens is 1. The number of sulfonamides is 1. The van der Waals surface area contributed by atoms with Crippen LogP contribution in [0.3, 0.4) is 0 Å². The van der Waals surface area contributed by atoms with E-state index >= 15 is 0 Å². The van der Waals surface area contributed by atoms with Gasteiger partial charge < -0.3 is 9.84 Å². The Labute approximate surface area is 158 Å². The summed E-state index contributed by atoms with van der Waals surface area (Å²) in [5.41, 5.74) is -0.145. The number of rotatable bonds is 5. The van der Waals surface area contributed by atoms with E-state index in [0.717, 1.165) is 4.31 Å². The van der Waals surface area contributed by atoms with E-state index in [-0.39, 0.29) is 23.7 Å². The van der Waals surface area contributed by atoms with Crippen molar-refractivity contribution in [3.05, 3.63) is 48.3 Å². The number of ether oxygens (including phenoxy) is 1. The highest BCUT2D eigenvalue weighted by molar-refractivity contribution is 7.90. The zero-order valence-corrected chi connectivity index (χ0v) is 16.1. The summed E-state index contributed by atoms with van der Waals surface area (Å²) in [4.78, 5) is 17.9. The molecule has 0 spiro atoms. The maximum atomic E-state index is 13.0. The molecule has 8 nitrogen and oxygen atoms in total. The monoisotopic (exact) mass is 391 g/mol. The summed E-state index contributed by atoms with van der Waals surface area (Å²) in [5.74, 6) is 0.369. The van der Waals surface area contributed by atoms with Crippen LogP contribution in [0, 0.1) is 0 Å². The Morgan fingerprint density at radius 2 is 1.85 bits per heavy atom. The molecule has 1 aliphatic rings. The van der Waals surface area contributed by atoms with E-state index in [1.165, 1.54) is 30.1 Å². The van der Waals surface area contributed by atoms with Gasteiger partial charge in [-0.1, -0.05) is 0 Å². The first kappa shape index (κ1) is 19.1. The third-order valence-corrected chi connectivity index (χ3v) is 5.79. The Hall–Kier alpha value is -2.65. The highest BCUT2D eigenvalue weighted by atomic mass is 32.2. The topological polar surface area (TPSA) is 100 Å². The van der Waals surface area contributed by atoms with Crippen LogP contribution in [0.5, 0.6) is 5.75 Å². The minimum atomic E-state index is -4.01. The Kier molecular flexibility index (Phi) is 4.83. The van der Waals surface area contributed by atoms with Crippen LogP contribution >= 0.6 is 0 Å². The molecule has 9 heteroatoms. The Balaban J connectivity index is 1.95. The molecule has 0 radical (unpaired) electrons. The summed E-state index contributed by atoms with van der Waals surface area (Å²) in [7, 11) is -2.50. The second-order valence-electron chi connectivity index (χ2n) is 6.94. The highest BCUT2D eigenvalue weighted by Crippen LogP contribution is 2.37. The lowest BCUT2D eigenvalue weighted by atomic mass is 10.2. The van der Waals surface area contributed by atoms with Crippen molar-refractivity contribution < 1.29 is 23.1 Å².